The van der Waals surface area contributed by atoms with Crippen molar-refractivity contribution >= 4 is 65.7 Å². The molecule has 0 saturated heterocycles. The van der Waals surface area contributed by atoms with Gasteiger partial charge >= 0.3 is 20.4 Å². The summed E-state index contributed by atoms with van der Waals surface area (Å²) in [5.74, 6) is 1.17. The monoisotopic (exact) mass is 731 g/mol. The molecule has 0 aliphatic carbocycles. The summed E-state index contributed by atoms with van der Waals surface area (Å²) in [7, 11) is 0. The average molecular weight is 732 g/mol. The van der Waals surface area contributed by atoms with E-state index in [1.165, 1.54) is 10.8 Å². The number of ether oxygens (including phenoxy) is 1. The average Bonchev–Trinajstić information content (AvgIpc) is 3.84. The minimum atomic E-state index is 0. The number of rotatable bonds is 4. The Labute approximate surface area is 299 Å². The second kappa shape index (κ2) is 10.9. The molecule has 236 valence electrons. The number of nitrogens with zero attached hydrogens (tertiary/aromatic N) is 5. The maximum atomic E-state index is 6.56. The van der Waals surface area contributed by atoms with Gasteiger partial charge in [0.1, 0.15) is 5.65 Å². The van der Waals surface area contributed by atoms with Gasteiger partial charge in [-0.3, -0.25) is 9.97 Å². The second-order valence-corrected chi connectivity index (χ2v) is 12.3. The summed E-state index contributed by atoms with van der Waals surface area (Å²) >= 11 is 0. The summed E-state index contributed by atoms with van der Waals surface area (Å²) in [4.78, 5) is 15.0. The fourth-order valence-electron chi connectivity index (χ4n) is 7.54. The number of pyridine rings is 3. The standard InChI is InChI=1S/C43H23N5O.Pd/c1-3-10-26(11-4-1)38-40(27-12-5-2-6-13-27)47-36-17-9-22-44-39(36)31-21-19-28(24-35(31)43(47)46-38)49-29-18-20-30-32-14-7-15-33-34-16-8-23-45-42(34)48(41(32)33)37(30)25-29;/h1-23H;/q-2;+2. The molecule has 6 heterocycles. The van der Waals surface area contributed by atoms with E-state index < -0.39 is 0 Å². The number of hydrogen-bond donors (Lipinski definition) is 0. The molecule has 0 unspecified atom stereocenters. The number of fused-ring (bicyclic) bond motifs is 12. The molecule has 0 saturated carbocycles. The smallest absolute Gasteiger partial charge is 0.503 e. The Balaban J connectivity index is 0.00000316. The summed E-state index contributed by atoms with van der Waals surface area (Å²) in [6.07, 6.45) is 3.68. The van der Waals surface area contributed by atoms with Crippen LogP contribution >= 0.6 is 0 Å². The van der Waals surface area contributed by atoms with Crippen LogP contribution in [0.3, 0.4) is 0 Å². The molecule has 0 bridgehead atoms. The molecule has 0 radical (unpaired) electrons. The zero-order valence-electron chi connectivity index (χ0n) is 26.2. The zero-order chi connectivity index (χ0) is 32.1. The number of aromatic nitrogens is 5. The molecule has 0 amide bonds. The van der Waals surface area contributed by atoms with Crippen LogP contribution in [0.4, 0.5) is 0 Å². The van der Waals surface area contributed by atoms with Gasteiger partial charge in [0.2, 0.25) is 0 Å². The molecule has 50 heavy (non-hydrogen) atoms. The van der Waals surface area contributed by atoms with Crippen LogP contribution in [0.25, 0.3) is 88.2 Å². The molecule has 6 nitrogen and oxygen atoms in total. The van der Waals surface area contributed by atoms with Crippen molar-refractivity contribution in [2.45, 2.75) is 0 Å². The molecule has 0 spiro atoms. The van der Waals surface area contributed by atoms with Gasteiger partial charge in [-0.1, -0.05) is 107 Å². The number of para-hydroxylation sites is 1. The maximum Gasteiger partial charge on any atom is 2.00 e. The van der Waals surface area contributed by atoms with E-state index in [1.54, 1.807) is 0 Å². The van der Waals surface area contributed by atoms with E-state index in [0.717, 1.165) is 77.4 Å². The van der Waals surface area contributed by atoms with Gasteiger partial charge in [0.25, 0.3) is 0 Å². The summed E-state index contributed by atoms with van der Waals surface area (Å²) in [6, 6.07) is 50.7. The third kappa shape index (κ3) is 4.02. The fourth-order valence-corrected chi connectivity index (χ4v) is 7.54. The summed E-state index contributed by atoms with van der Waals surface area (Å²) in [5.41, 5.74) is 9.66. The molecule has 0 aliphatic rings. The third-order valence-corrected chi connectivity index (χ3v) is 9.58. The summed E-state index contributed by atoms with van der Waals surface area (Å²) < 4.78 is 11.0. The molecule has 0 atom stereocenters. The van der Waals surface area contributed by atoms with Gasteiger partial charge in [-0.05, 0) is 35.2 Å². The van der Waals surface area contributed by atoms with E-state index >= 15 is 0 Å². The first-order valence-electron chi connectivity index (χ1n) is 16.2. The van der Waals surface area contributed by atoms with E-state index in [9.17, 15) is 0 Å². The molecule has 0 fully saturated rings. The van der Waals surface area contributed by atoms with Crippen LogP contribution in [0.2, 0.25) is 0 Å². The number of hydrogen-bond acceptors (Lipinski definition) is 4. The molecule has 5 aromatic carbocycles. The molecule has 11 rings (SSSR count). The largest absolute Gasteiger partial charge is 2.00 e. The van der Waals surface area contributed by atoms with Crippen LogP contribution in [-0.2, 0) is 20.4 Å². The normalized spacial score (nSPS) is 11.8. The van der Waals surface area contributed by atoms with Gasteiger partial charge in [-0.2, -0.15) is 6.07 Å². The van der Waals surface area contributed by atoms with Gasteiger partial charge < -0.3 is 13.5 Å². The van der Waals surface area contributed by atoms with Crippen LogP contribution in [-0.4, -0.2) is 23.8 Å². The van der Waals surface area contributed by atoms with Gasteiger partial charge in [0.05, 0.1) is 28.1 Å². The first kappa shape index (κ1) is 28.8. The van der Waals surface area contributed by atoms with E-state index in [-0.39, 0.29) is 20.4 Å². The van der Waals surface area contributed by atoms with Crippen LogP contribution < -0.4 is 4.74 Å². The molecule has 11 aromatic rings. The van der Waals surface area contributed by atoms with Crippen molar-refractivity contribution in [3.63, 3.8) is 0 Å². The predicted octanol–water partition coefficient (Wildman–Crippen LogP) is 10.3. The number of imidazole rings is 1. The topological polar surface area (TPSA) is 56.7 Å². The third-order valence-electron chi connectivity index (χ3n) is 9.58. The minimum Gasteiger partial charge on any atom is -0.503 e. The quantitative estimate of drug-likeness (QED) is 0.103. The molecular formula is C43H23N5OPd. The van der Waals surface area contributed by atoms with Crippen LogP contribution in [0.5, 0.6) is 11.5 Å². The maximum absolute atomic E-state index is 6.56. The summed E-state index contributed by atoms with van der Waals surface area (Å²) in [5, 5.41) is 6.39. The van der Waals surface area contributed by atoms with Gasteiger partial charge in [0, 0.05) is 45.7 Å². The van der Waals surface area contributed by atoms with Crippen LogP contribution in [0.15, 0.2) is 140 Å². The molecule has 6 aromatic heterocycles. The van der Waals surface area contributed by atoms with Gasteiger partial charge in [-0.25, -0.2) is 4.98 Å². The van der Waals surface area contributed by atoms with Gasteiger partial charge in [-0.15, -0.1) is 23.6 Å². The summed E-state index contributed by atoms with van der Waals surface area (Å²) in [6.45, 7) is 0. The Bertz CT molecular complexity index is 3080. The van der Waals surface area contributed by atoms with Crippen LogP contribution in [0.1, 0.15) is 0 Å². The first-order chi connectivity index (χ1) is 24.3. The van der Waals surface area contributed by atoms with Crippen molar-refractivity contribution in [3.05, 3.63) is 152 Å². The predicted molar refractivity (Wildman–Crippen MR) is 196 cm³/mol. The van der Waals surface area contributed by atoms with Crippen molar-refractivity contribution < 1.29 is 25.2 Å². The van der Waals surface area contributed by atoms with Crippen molar-refractivity contribution in [1.82, 2.24) is 23.8 Å². The Morgan fingerprint density at radius 1 is 0.520 bits per heavy atom. The Kier molecular flexibility index (Phi) is 6.31. The SMILES string of the molecule is [Pd+2].[c-]1c(Oc2[c-]c3c(cc2)c2cccc4c5cccnc5n3c24)ccc2c1c1nc(-c3ccccc3)c(-c3ccccc3)n1c1cccnc21. The molecule has 0 aliphatic heterocycles. The van der Waals surface area contributed by atoms with Crippen molar-refractivity contribution in [1.29, 1.82) is 0 Å². The number of benzene rings is 5. The van der Waals surface area contributed by atoms with E-state index in [2.05, 4.69) is 99.8 Å². The molecule has 0 N–H and O–H groups in total. The van der Waals surface area contributed by atoms with Crippen molar-refractivity contribution in [3.8, 4) is 34.0 Å². The molecular weight excluding hydrogens is 709 g/mol. The Morgan fingerprint density at radius 2 is 1.20 bits per heavy atom. The van der Waals surface area contributed by atoms with Crippen LogP contribution in [0, 0.1) is 12.1 Å². The Hall–Kier alpha value is -6.13. The Morgan fingerprint density at radius 3 is 2.02 bits per heavy atom. The fraction of sp³-hybridized carbons (Fsp3) is 0. The van der Waals surface area contributed by atoms with E-state index in [4.69, 9.17) is 19.7 Å². The minimum absolute atomic E-state index is 0. The first-order valence-corrected chi connectivity index (χ1v) is 16.2. The van der Waals surface area contributed by atoms with Crippen molar-refractivity contribution in [2.75, 3.05) is 0 Å². The second-order valence-electron chi connectivity index (χ2n) is 12.3. The zero-order valence-corrected chi connectivity index (χ0v) is 27.8. The van der Waals surface area contributed by atoms with E-state index in [0.29, 0.717) is 11.5 Å². The van der Waals surface area contributed by atoms with Crippen molar-refractivity contribution in [2.24, 2.45) is 0 Å². The van der Waals surface area contributed by atoms with E-state index in [1.807, 2.05) is 60.9 Å². The molecule has 7 heteroatoms. The van der Waals surface area contributed by atoms with Gasteiger partial charge in [0.15, 0.2) is 0 Å².